The number of hydrogen-bond donors (Lipinski definition) is 0. The van der Waals surface area contributed by atoms with E-state index >= 15 is 0 Å². The zero-order chi connectivity index (χ0) is 34.0. The van der Waals surface area contributed by atoms with Crippen LogP contribution in [-0.2, 0) is 5.41 Å². The molecule has 0 aliphatic heterocycles. The first-order chi connectivity index (χ1) is 25.7. The second kappa shape index (κ2) is 10.9. The number of thiophene rings is 1. The van der Waals surface area contributed by atoms with Crippen LogP contribution in [0.2, 0.25) is 0 Å². The normalized spacial score (nSPS) is 23.8. The van der Waals surface area contributed by atoms with Crippen molar-refractivity contribution in [3.05, 3.63) is 163 Å². The van der Waals surface area contributed by atoms with Crippen LogP contribution >= 0.6 is 11.3 Å². The van der Waals surface area contributed by atoms with Gasteiger partial charge in [0.05, 0.1) is 5.69 Å². The molecule has 2 heteroatoms. The van der Waals surface area contributed by atoms with Crippen LogP contribution in [0.5, 0.6) is 0 Å². The predicted octanol–water partition coefficient (Wildman–Crippen LogP) is 14.1. The molecule has 7 aromatic carbocycles. The lowest BCUT2D eigenvalue weighted by Gasteiger charge is -2.61. The van der Waals surface area contributed by atoms with Gasteiger partial charge in [-0.1, -0.05) is 115 Å². The number of benzene rings is 7. The Kier molecular flexibility index (Phi) is 6.17. The molecule has 4 bridgehead atoms. The van der Waals surface area contributed by atoms with E-state index in [0.717, 1.165) is 23.7 Å². The summed E-state index contributed by atoms with van der Waals surface area (Å²) in [5, 5.41) is 5.21. The lowest BCUT2D eigenvalue weighted by atomic mass is 9.43. The summed E-state index contributed by atoms with van der Waals surface area (Å²) >= 11 is 1.90. The van der Waals surface area contributed by atoms with E-state index in [4.69, 9.17) is 0 Å². The van der Waals surface area contributed by atoms with E-state index in [1.165, 1.54) is 102 Å². The van der Waals surface area contributed by atoms with Crippen LogP contribution in [0.25, 0.3) is 53.2 Å². The molecule has 5 aliphatic carbocycles. The molecule has 5 aliphatic rings. The molecule has 0 radical (unpaired) electrons. The summed E-state index contributed by atoms with van der Waals surface area (Å²) in [6.45, 7) is 0. The molecule has 4 saturated carbocycles. The lowest BCUT2D eigenvalue weighted by Crippen LogP contribution is -2.55. The Morgan fingerprint density at radius 3 is 1.96 bits per heavy atom. The molecule has 0 N–H and O–H groups in total. The van der Waals surface area contributed by atoms with Crippen molar-refractivity contribution < 1.29 is 0 Å². The van der Waals surface area contributed by atoms with Gasteiger partial charge >= 0.3 is 0 Å². The topological polar surface area (TPSA) is 3.24 Å². The van der Waals surface area contributed by atoms with Crippen LogP contribution in [0.1, 0.15) is 43.2 Å². The Bertz CT molecular complexity index is 2680. The van der Waals surface area contributed by atoms with Crippen LogP contribution < -0.4 is 4.90 Å². The van der Waals surface area contributed by atoms with Crippen LogP contribution in [0.4, 0.5) is 17.1 Å². The monoisotopic (exact) mass is 685 g/mol. The quantitative estimate of drug-likeness (QED) is 0.178. The highest BCUT2D eigenvalue weighted by molar-refractivity contribution is 7.26. The van der Waals surface area contributed by atoms with Crippen LogP contribution in [0.15, 0.2) is 152 Å². The molecule has 4 fully saturated rings. The highest BCUT2D eigenvalue weighted by Gasteiger charge is 2.61. The number of fused-ring (bicyclic) bond motifs is 7. The largest absolute Gasteiger partial charge is 0.310 e. The first-order valence-corrected chi connectivity index (χ1v) is 20.1. The van der Waals surface area contributed by atoms with E-state index < -0.39 is 0 Å². The van der Waals surface area contributed by atoms with Gasteiger partial charge in [-0.25, -0.2) is 0 Å². The van der Waals surface area contributed by atoms with Gasteiger partial charge in [-0.15, -0.1) is 11.3 Å². The van der Waals surface area contributed by atoms with Gasteiger partial charge in [0.2, 0.25) is 0 Å². The van der Waals surface area contributed by atoms with Crippen LogP contribution in [0.3, 0.4) is 0 Å². The highest BCUT2D eigenvalue weighted by Crippen LogP contribution is 2.69. The Morgan fingerprint density at radius 1 is 0.481 bits per heavy atom. The van der Waals surface area contributed by atoms with Crippen molar-refractivity contribution in [2.45, 2.75) is 37.5 Å². The average Bonchev–Trinajstić information content (AvgIpc) is 3.71. The molecule has 13 rings (SSSR count). The number of hydrogen-bond acceptors (Lipinski definition) is 2. The van der Waals surface area contributed by atoms with Crippen molar-refractivity contribution >= 4 is 59.3 Å². The summed E-state index contributed by atoms with van der Waals surface area (Å²) in [5.74, 6) is 3.42. The van der Waals surface area contributed by atoms with E-state index in [2.05, 4.69) is 157 Å². The first-order valence-electron chi connectivity index (χ1n) is 19.3. The van der Waals surface area contributed by atoms with Gasteiger partial charge in [0.15, 0.2) is 0 Å². The fraction of sp³-hybridized carbons (Fsp3) is 0.200. The molecule has 1 spiro atoms. The summed E-state index contributed by atoms with van der Waals surface area (Å²) in [6, 6.07) is 57.5. The summed E-state index contributed by atoms with van der Waals surface area (Å²) in [5.41, 5.74) is 12.5. The SMILES string of the molecule is c1ccc2c(c1)-c1cc(N(c3ccc(-c4cccc5c4sc4ccccc45)cc3)c3cccc4ccccc34)ccc1C21C2CC3CC(C2)CC1C3. The molecule has 1 nitrogen and oxygen atoms in total. The van der Waals surface area contributed by atoms with Crippen LogP contribution in [0, 0.1) is 23.7 Å². The fourth-order valence-corrected chi connectivity index (χ4v) is 13.1. The zero-order valence-corrected chi connectivity index (χ0v) is 30.0. The van der Waals surface area contributed by atoms with Gasteiger partial charge < -0.3 is 4.90 Å². The Labute approximate surface area is 309 Å². The molecule has 0 unspecified atom stereocenters. The molecule has 250 valence electrons. The van der Waals surface area contributed by atoms with Crippen molar-refractivity contribution in [1.29, 1.82) is 0 Å². The second-order valence-electron chi connectivity index (χ2n) is 16.1. The molecule has 8 aromatic rings. The number of anilines is 3. The summed E-state index contributed by atoms with van der Waals surface area (Å²) in [4.78, 5) is 2.51. The van der Waals surface area contributed by atoms with E-state index in [9.17, 15) is 0 Å². The smallest absolute Gasteiger partial charge is 0.0540 e. The minimum absolute atomic E-state index is 0.178. The van der Waals surface area contributed by atoms with Gasteiger partial charge in [0.1, 0.15) is 0 Å². The zero-order valence-electron chi connectivity index (χ0n) is 29.1. The molecular weight excluding hydrogens is 647 g/mol. The molecular formula is C50H39NS. The molecule has 1 heterocycles. The maximum Gasteiger partial charge on any atom is 0.0540 e. The van der Waals surface area contributed by atoms with Crippen LogP contribution in [-0.4, -0.2) is 0 Å². The standard InChI is InChI=1S/C50H39NS/c1-2-11-39-33(9-1)10-7-17-47(39)51(37-21-19-34(20-22-37)40-14-8-15-43-42-13-4-6-18-48(42)52-49(40)43)38-23-24-46-44(30-38)41-12-3-5-16-45(41)50(46)35-26-31-25-32(28-35)29-36(50)27-31/h1-24,30-32,35-36H,25-29H2. The summed E-state index contributed by atoms with van der Waals surface area (Å²) in [6.07, 6.45) is 7.12. The third-order valence-electron chi connectivity index (χ3n) is 13.6. The third-order valence-corrected chi connectivity index (χ3v) is 14.9. The molecule has 0 amide bonds. The molecule has 0 atom stereocenters. The van der Waals surface area contributed by atoms with E-state index in [1.807, 2.05) is 11.3 Å². The molecule has 1 aromatic heterocycles. The summed E-state index contributed by atoms with van der Waals surface area (Å²) < 4.78 is 2.70. The van der Waals surface area contributed by atoms with Gasteiger partial charge in [-0.3, -0.25) is 0 Å². The van der Waals surface area contributed by atoms with Gasteiger partial charge in [-0.05, 0) is 131 Å². The summed E-state index contributed by atoms with van der Waals surface area (Å²) in [7, 11) is 0. The minimum Gasteiger partial charge on any atom is -0.310 e. The number of rotatable bonds is 4. The van der Waals surface area contributed by atoms with Crippen molar-refractivity contribution in [2.24, 2.45) is 23.7 Å². The average molecular weight is 686 g/mol. The van der Waals surface area contributed by atoms with Gasteiger partial charge in [-0.2, -0.15) is 0 Å². The van der Waals surface area contributed by atoms with Gasteiger partial charge in [0.25, 0.3) is 0 Å². The van der Waals surface area contributed by atoms with Crippen molar-refractivity contribution in [1.82, 2.24) is 0 Å². The van der Waals surface area contributed by atoms with Crippen molar-refractivity contribution in [2.75, 3.05) is 4.90 Å². The van der Waals surface area contributed by atoms with Gasteiger partial charge in [0, 0.05) is 42.3 Å². The minimum atomic E-state index is 0.178. The van der Waals surface area contributed by atoms with Crippen molar-refractivity contribution in [3.63, 3.8) is 0 Å². The first kappa shape index (κ1) is 29.4. The highest BCUT2D eigenvalue weighted by atomic mass is 32.1. The Hall–Kier alpha value is -5.18. The lowest BCUT2D eigenvalue weighted by molar-refractivity contribution is -0.0399. The predicted molar refractivity (Wildman–Crippen MR) is 220 cm³/mol. The molecule has 0 saturated heterocycles. The maximum atomic E-state index is 2.56. The van der Waals surface area contributed by atoms with E-state index in [1.54, 1.807) is 11.1 Å². The van der Waals surface area contributed by atoms with E-state index in [-0.39, 0.29) is 5.41 Å². The third kappa shape index (κ3) is 3.99. The van der Waals surface area contributed by atoms with Crippen molar-refractivity contribution in [3.8, 4) is 22.3 Å². The Morgan fingerprint density at radius 2 is 1.12 bits per heavy atom. The van der Waals surface area contributed by atoms with E-state index in [0.29, 0.717) is 0 Å². The Balaban J connectivity index is 1.03. The molecule has 52 heavy (non-hydrogen) atoms. The number of nitrogens with zero attached hydrogens (tertiary/aromatic N) is 1. The second-order valence-corrected chi connectivity index (χ2v) is 17.2. The maximum absolute atomic E-state index is 2.56. The fourth-order valence-electron chi connectivity index (χ4n) is 11.9.